The van der Waals surface area contributed by atoms with Gasteiger partial charge in [-0.15, -0.1) is 0 Å². The molecule has 2 aromatic heterocycles. The summed E-state index contributed by atoms with van der Waals surface area (Å²) in [6.45, 7) is 0.590. The van der Waals surface area contributed by atoms with Crippen molar-refractivity contribution < 1.29 is 4.79 Å². The number of aromatic nitrogens is 3. The second-order valence-corrected chi connectivity index (χ2v) is 8.43. The number of carbonyl (C=O) groups is 1. The number of hydrogen-bond acceptors (Lipinski definition) is 3. The van der Waals surface area contributed by atoms with E-state index in [9.17, 15) is 4.79 Å². The molecular weight excluding hydrogens is 446 g/mol. The minimum atomic E-state index is -0.261. The van der Waals surface area contributed by atoms with Gasteiger partial charge in [-0.1, -0.05) is 72.3 Å². The first-order chi connectivity index (χ1) is 16.6. The SMILES string of the molecule is Cn1cc(C(=O)N/N=C\c2cn(Cc3ccc(Cl)cc3)nc2-c2ccccc2)c2ccccc21. The van der Waals surface area contributed by atoms with Crippen molar-refractivity contribution in [3.05, 3.63) is 113 Å². The standard InChI is InChI=1S/C27H22ClN5O/c1-32-18-24(23-9-5-6-10-25(23)32)27(34)30-29-15-21-17-33(16-19-11-13-22(28)14-12-19)31-26(21)20-7-3-2-4-8-20/h2-15,17-18H,16H2,1H3,(H,30,34)/b29-15-. The van der Waals surface area contributed by atoms with Crippen LogP contribution in [0.1, 0.15) is 21.5 Å². The Kier molecular flexibility index (Phi) is 5.97. The van der Waals surface area contributed by atoms with Gasteiger partial charge < -0.3 is 4.57 Å². The molecule has 0 aliphatic heterocycles. The Balaban J connectivity index is 1.40. The number of fused-ring (bicyclic) bond motifs is 1. The Morgan fingerprint density at radius 2 is 1.74 bits per heavy atom. The topological polar surface area (TPSA) is 64.2 Å². The number of nitrogens with one attached hydrogen (secondary N) is 1. The average molecular weight is 468 g/mol. The fraction of sp³-hybridized carbons (Fsp3) is 0.0741. The van der Waals surface area contributed by atoms with E-state index in [2.05, 4.69) is 10.5 Å². The third-order valence-corrected chi connectivity index (χ3v) is 5.86. The van der Waals surface area contributed by atoms with Crippen LogP contribution in [0.15, 0.2) is 96.4 Å². The summed E-state index contributed by atoms with van der Waals surface area (Å²) in [7, 11) is 1.92. The van der Waals surface area contributed by atoms with Crippen LogP contribution in [0.25, 0.3) is 22.2 Å². The van der Waals surface area contributed by atoms with E-state index < -0.39 is 0 Å². The lowest BCUT2D eigenvalue weighted by Gasteiger charge is -2.02. The molecule has 2 heterocycles. The highest BCUT2D eigenvalue weighted by Crippen LogP contribution is 2.22. The maximum Gasteiger partial charge on any atom is 0.273 e. The van der Waals surface area contributed by atoms with E-state index in [-0.39, 0.29) is 5.91 Å². The summed E-state index contributed by atoms with van der Waals surface area (Å²) in [5.74, 6) is -0.261. The van der Waals surface area contributed by atoms with Gasteiger partial charge in [-0.2, -0.15) is 10.2 Å². The van der Waals surface area contributed by atoms with Gasteiger partial charge >= 0.3 is 0 Å². The van der Waals surface area contributed by atoms with Gasteiger partial charge in [0.1, 0.15) is 5.69 Å². The van der Waals surface area contributed by atoms with Crippen molar-refractivity contribution >= 4 is 34.6 Å². The lowest BCUT2D eigenvalue weighted by atomic mass is 10.1. The van der Waals surface area contributed by atoms with E-state index in [0.717, 1.165) is 33.3 Å². The number of carbonyl (C=O) groups excluding carboxylic acids is 1. The number of amides is 1. The smallest absolute Gasteiger partial charge is 0.273 e. The van der Waals surface area contributed by atoms with E-state index in [1.54, 1.807) is 6.21 Å². The molecule has 0 bridgehead atoms. The summed E-state index contributed by atoms with van der Waals surface area (Å²) >= 11 is 6.01. The molecule has 0 saturated heterocycles. The summed E-state index contributed by atoms with van der Waals surface area (Å²) in [5, 5.41) is 10.6. The number of halogens is 1. The van der Waals surface area contributed by atoms with E-state index in [4.69, 9.17) is 16.7 Å². The number of aryl methyl sites for hydroxylation is 1. The third kappa shape index (κ3) is 4.49. The minimum Gasteiger partial charge on any atom is -0.350 e. The molecule has 0 atom stereocenters. The van der Waals surface area contributed by atoms with Crippen LogP contribution >= 0.6 is 11.6 Å². The van der Waals surface area contributed by atoms with Crippen molar-refractivity contribution in [2.24, 2.45) is 12.1 Å². The summed E-state index contributed by atoms with van der Waals surface area (Å²) < 4.78 is 3.79. The summed E-state index contributed by atoms with van der Waals surface area (Å²) in [5.41, 5.74) is 7.88. The Labute approximate surface area is 202 Å². The van der Waals surface area contributed by atoms with Crippen LogP contribution in [0.3, 0.4) is 0 Å². The van der Waals surface area contributed by atoms with Gasteiger partial charge in [0.25, 0.3) is 5.91 Å². The monoisotopic (exact) mass is 467 g/mol. The summed E-state index contributed by atoms with van der Waals surface area (Å²) in [4.78, 5) is 12.8. The highest BCUT2D eigenvalue weighted by atomic mass is 35.5. The van der Waals surface area contributed by atoms with Crippen LogP contribution in [0.5, 0.6) is 0 Å². The number of hydrogen-bond donors (Lipinski definition) is 1. The molecule has 0 saturated carbocycles. The second-order valence-electron chi connectivity index (χ2n) is 7.99. The van der Waals surface area contributed by atoms with Gasteiger partial charge in [0.2, 0.25) is 0 Å². The van der Waals surface area contributed by atoms with Crippen LogP contribution in [-0.2, 0) is 13.6 Å². The van der Waals surface area contributed by atoms with Crippen molar-refractivity contribution in [1.82, 2.24) is 19.8 Å². The third-order valence-electron chi connectivity index (χ3n) is 5.61. The molecule has 7 heteroatoms. The lowest BCUT2D eigenvalue weighted by Crippen LogP contribution is -2.17. The Morgan fingerprint density at radius 1 is 1.00 bits per heavy atom. The quantitative estimate of drug-likeness (QED) is 0.264. The predicted molar refractivity (Wildman–Crippen MR) is 136 cm³/mol. The number of para-hydroxylation sites is 1. The van der Waals surface area contributed by atoms with Crippen LogP contribution in [0, 0.1) is 0 Å². The van der Waals surface area contributed by atoms with Gasteiger partial charge in [-0.3, -0.25) is 9.48 Å². The molecule has 34 heavy (non-hydrogen) atoms. The molecule has 5 aromatic rings. The summed E-state index contributed by atoms with van der Waals surface area (Å²) in [6, 6.07) is 25.4. The predicted octanol–water partition coefficient (Wildman–Crippen LogP) is 5.51. The number of benzene rings is 3. The van der Waals surface area contributed by atoms with Crippen LogP contribution < -0.4 is 5.43 Å². The first-order valence-corrected chi connectivity index (χ1v) is 11.2. The van der Waals surface area contributed by atoms with Crippen molar-refractivity contribution in [3.63, 3.8) is 0 Å². The number of rotatable bonds is 6. The van der Waals surface area contributed by atoms with Crippen LogP contribution in [0.2, 0.25) is 5.02 Å². The highest BCUT2D eigenvalue weighted by Gasteiger charge is 2.14. The molecule has 0 fully saturated rings. The van der Waals surface area contributed by atoms with Gasteiger partial charge in [0, 0.05) is 46.5 Å². The van der Waals surface area contributed by atoms with Crippen LogP contribution in [0.4, 0.5) is 0 Å². The van der Waals surface area contributed by atoms with E-state index in [1.165, 1.54) is 0 Å². The molecule has 1 amide bonds. The van der Waals surface area contributed by atoms with Crippen molar-refractivity contribution in [3.8, 4) is 11.3 Å². The first kappa shape index (κ1) is 21.7. The summed E-state index contributed by atoms with van der Waals surface area (Å²) in [6.07, 6.45) is 5.37. The lowest BCUT2D eigenvalue weighted by molar-refractivity contribution is 0.0956. The molecule has 3 aromatic carbocycles. The molecule has 1 N–H and O–H groups in total. The molecule has 0 spiro atoms. The fourth-order valence-electron chi connectivity index (χ4n) is 3.95. The number of nitrogens with zero attached hydrogens (tertiary/aromatic N) is 4. The van der Waals surface area contributed by atoms with Gasteiger partial charge in [0.15, 0.2) is 0 Å². The van der Waals surface area contributed by atoms with E-state index in [1.807, 2.05) is 108 Å². The molecule has 0 aliphatic carbocycles. The molecule has 6 nitrogen and oxygen atoms in total. The Hall–Kier alpha value is -4.16. The van der Waals surface area contributed by atoms with Crippen LogP contribution in [-0.4, -0.2) is 26.5 Å². The van der Waals surface area contributed by atoms with Gasteiger partial charge in [-0.05, 0) is 23.8 Å². The zero-order chi connectivity index (χ0) is 23.5. The Morgan fingerprint density at radius 3 is 2.53 bits per heavy atom. The van der Waals surface area contributed by atoms with E-state index >= 15 is 0 Å². The average Bonchev–Trinajstić information content (AvgIpc) is 3.42. The molecular formula is C27H22ClN5O. The normalized spacial score (nSPS) is 11.4. The molecule has 0 unspecified atom stereocenters. The Bertz CT molecular complexity index is 1480. The largest absolute Gasteiger partial charge is 0.350 e. The zero-order valence-corrected chi connectivity index (χ0v) is 19.3. The molecule has 168 valence electrons. The van der Waals surface area contributed by atoms with Crippen molar-refractivity contribution in [1.29, 1.82) is 0 Å². The maximum atomic E-state index is 12.8. The second kappa shape index (κ2) is 9.37. The fourth-order valence-corrected chi connectivity index (χ4v) is 4.08. The minimum absolute atomic E-state index is 0.261. The number of hydrazone groups is 1. The molecule has 0 radical (unpaired) electrons. The van der Waals surface area contributed by atoms with Crippen molar-refractivity contribution in [2.45, 2.75) is 6.54 Å². The zero-order valence-electron chi connectivity index (χ0n) is 18.5. The molecule has 5 rings (SSSR count). The van der Waals surface area contributed by atoms with Gasteiger partial charge in [-0.25, -0.2) is 5.43 Å². The first-order valence-electron chi connectivity index (χ1n) is 10.8. The maximum absolute atomic E-state index is 12.8. The highest BCUT2D eigenvalue weighted by molar-refractivity contribution is 6.30. The van der Waals surface area contributed by atoms with Gasteiger partial charge in [0.05, 0.1) is 18.3 Å². The molecule has 0 aliphatic rings. The van der Waals surface area contributed by atoms with E-state index in [0.29, 0.717) is 17.1 Å². The van der Waals surface area contributed by atoms with Crippen molar-refractivity contribution in [2.75, 3.05) is 0 Å².